The number of anilines is 1. The fraction of sp³-hybridized carbons (Fsp3) is 0.111. The number of carbonyl (C=O) groups is 1. The predicted molar refractivity (Wildman–Crippen MR) is 93.9 cm³/mol. The standard InChI is InChI=1S/C18H17N3OS/c1-23-17-4-2-3-16(11-17)20-18(22)15-7-5-14(6-8-15)12-21-10-9-19-13-21/h2-11,13H,12H2,1H3,(H,20,22). The molecular formula is C18H17N3OS. The average Bonchev–Trinajstić information content (AvgIpc) is 3.08. The summed E-state index contributed by atoms with van der Waals surface area (Å²) in [5, 5.41) is 2.93. The zero-order chi connectivity index (χ0) is 16.1. The van der Waals surface area contributed by atoms with E-state index in [1.54, 1.807) is 24.3 Å². The van der Waals surface area contributed by atoms with Crippen LogP contribution in [0.4, 0.5) is 5.69 Å². The third kappa shape index (κ3) is 4.02. The molecule has 1 aromatic heterocycles. The molecule has 0 unspecified atom stereocenters. The zero-order valence-electron chi connectivity index (χ0n) is 12.8. The van der Waals surface area contributed by atoms with Gasteiger partial charge in [0, 0.05) is 35.1 Å². The first kappa shape index (κ1) is 15.4. The third-order valence-corrected chi connectivity index (χ3v) is 4.19. The maximum Gasteiger partial charge on any atom is 0.255 e. The van der Waals surface area contributed by atoms with E-state index >= 15 is 0 Å². The fourth-order valence-electron chi connectivity index (χ4n) is 2.26. The van der Waals surface area contributed by atoms with Gasteiger partial charge in [-0.2, -0.15) is 0 Å². The van der Waals surface area contributed by atoms with Gasteiger partial charge in [-0.3, -0.25) is 4.79 Å². The molecule has 4 nitrogen and oxygen atoms in total. The second-order valence-electron chi connectivity index (χ2n) is 5.12. The molecule has 1 amide bonds. The molecule has 3 rings (SSSR count). The summed E-state index contributed by atoms with van der Waals surface area (Å²) in [5.41, 5.74) is 2.59. The first-order chi connectivity index (χ1) is 11.2. The van der Waals surface area contributed by atoms with Crippen LogP contribution in [-0.2, 0) is 6.54 Å². The normalized spacial score (nSPS) is 10.5. The van der Waals surface area contributed by atoms with E-state index in [2.05, 4.69) is 10.3 Å². The number of nitrogens with one attached hydrogen (secondary N) is 1. The summed E-state index contributed by atoms with van der Waals surface area (Å²) in [7, 11) is 0. The number of imidazole rings is 1. The van der Waals surface area contributed by atoms with Gasteiger partial charge in [0.05, 0.1) is 6.33 Å². The van der Waals surface area contributed by atoms with Crippen molar-refractivity contribution < 1.29 is 4.79 Å². The molecule has 116 valence electrons. The average molecular weight is 323 g/mol. The minimum Gasteiger partial charge on any atom is -0.333 e. The van der Waals surface area contributed by atoms with Crippen LogP contribution >= 0.6 is 11.8 Å². The summed E-state index contributed by atoms with van der Waals surface area (Å²) in [6.07, 6.45) is 7.46. The van der Waals surface area contributed by atoms with Crippen LogP contribution < -0.4 is 5.32 Å². The monoisotopic (exact) mass is 323 g/mol. The van der Waals surface area contributed by atoms with Gasteiger partial charge in [-0.15, -0.1) is 11.8 Å². The summed E-state index contributed by atoms with van der Waals surface area (Å²) in [5.74, 6) is -0.0996. The Labute approximate surface area is 139 Å². The number of aromatic nitrogens is 2. The van der Waals surface area contributed by atoms with Crippen molar-refractivity contribution >= 4 is 23.4 Å². The minimum absolute atomic E-state index is 0.0996. The molecule has 0 aliphatic carbocycles. The molecule has 3 aromatic rings. The van der Waals surface area contributed by atoms with Gasteiger partial charge in [0.1, 0.15) is 0 Å². The Kier molecular flexibility index (Phi) is 4.78. The van der Waals surface area contributed by atoms with Crippen molar-refractivity contribution in [2.45, 2.75) is 11.4 Å². The molecule has 1 N–H and O–H groups in total. The maximum absolute atomic E-state index is 12.3. The smallest absolute Gasteiger partial charge is 0.255 e. The Morgan fingerprint density at radius 2 is 2.04 bits per heavy atom. The van der Waals surface area contributed by atoms with Crippen LogP contribution in [0.25, 0.3) is 0 Å². The van der Waals surface area contributed by atoms with Crippen molar-refractivity contribution in [3.05, 3.63) is 78.4 Å². The molecule has 0 aliphatic heterocycles. The Bertz CT molecular complexity index is 782. The molecule has 1 heterocycles. The number of carbonyl (C=O) groups excluding carboxylic acids is 1. The summed E-state index contributed by atoms with van der Waals surface area (Å²) < 4.78 is 1.99. The molecule has 0 atom stereocenters. The molecule has 5 heteroatoms. The number of amides is 1. The number of benzene rings is 2. The largest absolute Gasteiger partial charge is 0.333 e. The topological polar surface area (TPSA) is 46.9 Å². The van der Waals surface area contributed by atoms with E-state index in [4.69, 9.17) is 0 Å². The molecule has 2 aromatic carbocycles. The predicted octanol–water partition coefficient (Wildman–Crippen LogP) is 3.91. The highest BCUT2D eigenvalue weighted by Gasteiger charge is 2.06. The quantitative estimate of drug-likeness (QED) is 0.724. The highest BCUT2D eigenvalue weighted by atomic mass is 32.2. The third-order valence-electron chi connectivity index (χ3n) is 3.47. The molecule has 0 spiro atoms. The lowest BCUT2D eigenvalue weighted by molar-refractivity contribution is 0.102. The van der Waals surface area contributed by atoms with E-state index in [1.165, 1.54) is 0 Å². The van der Waals surface area contributed by atoms with Crippen LogP contribution in [0.3, 0.4) is 0 Å². The van der Waals surface area contributed by atoms with Gasteiger partial charge in [0.2, 0.25) is 0 Å². The first-order valence-electron chi connectivity index (χ1n) is 7.25. The van der Waals surface area contributed by atoms with Crippen molar-refractivity contribution in [2.24, 2.45) is 0 Å². The van der Waals surface area contributed by atoms with Gasteiger partial charge in [0.25, 0.3) is 5.91 Å². The molecular weight excluding hydrogens is 306 g/mol. The van der Waals surface area contributed by atoms with Crippen molar-refractivity contribution in [3.8, 4) is 0 Å². The summed E-state index contributed by atoms with van der Waals surface area (Å²) in [6, 6.07) is 15.4. The van der Waals surface area contributed by atoms with Crippen molar-refractivity contribution in [1.82, 2.24) is 9.55 Å². The lowest BCUT2D eigenvalue weighted by Gasteiger charge is -2.08. The van der Waals surface area contributed by atoms with Gasteiger partial charge in [-0.1, -0.05) is 18.2 Å². The van der Waals surface area contributed by atoms with E-state index in [-0.39, 0.29) is 5.91 Å². The van der Waals surface area contributed by atoms with E-state index in [0.29, 0.717) is 5.56 Å². The fourth-order valence-corrected chi connectivity index (χ4v) is 2.72. The van der Waals surface area contributed by atoms with Crippen LogP contribution in [0.1, 0.15) is 15.9 Å². The molecule has 0 radical (unpaired) electrons. The molecule has 23 heavy (non-hydrogen) atoms. The van der Waals surface area contributed by atoms with Gasteiger partial charge in [-0.25, -0.2) is 4.98 Å². The lowest BCUT2D eigenvalue weighted by atomic mass is 10.1. The number of hydrogen-bond acceptors (Lipinski definition) is 3. The van der Waals surface area contributed by atoms with Gasteiger partial charge < -0.3 is 9.88 Å². The number of rotatable bonds is 5. The van der Waals surface area contributed by atoms with Crippen molar-refractivity contribution in [3.63, 3.8) is 0 Å². The van der Waals surface area contributed by atoms with Crippen molar-refractivity contribution in [2.75, 3.05) is 11.6 Å². The molecule has 0 saturated heterocycles. The van der Waals surface area contributed by atoms with Crippen LogP contribution in [-0.4, -0.2) is 21.7 Å². The second kappa shape index (κ2) is 7.15. The van der Waals surface area contributed by atoms with E-state index in [0.717, 1.165) is 22.7 Å². The van der Waals surface area contributed by atoms with Crippen LogP contribution in [0, 0.1) is 0 Å². The molecule has 0 saturated carbocycles. The van der Waals surface area contributed by atoms with E-state index < -0.39 is 0 Å². The zero-order valence-corrected chi connectivity index (χ0v) is 13.6. The van der Waals surface area contributed by atoms with Crippen LogP contribution in [0.5, 0.6) is 0 Å². The summed E-state index contributed by atoms with van der Waals surface area (Å²) in [4.78, 5) is 17.5. The Morgan fingerprint density at radius 1 is 1.22 bits per heavy atom. The number of thioether (sulfide) groups is 1. The maximum atomic E-state index is 12.3. The minimum atomic E-state index is -0.0996. The Morgan fingerprint density at radius 3 is 2.74 bits per heavy atom. The van der Waals surface area contributed by atoms with E-state index in [1.807, 2.05) is 65.6 Å². The Hall–Kier alpha value is -2.53. The summed E-state index contributed by atoms with van der Waals surface area (Å²) >= 11 is 1.65. The van der Waals surface area contributed by atoms with Gasteiger partial charge >= 0.3 is 0 Å². The molecule has 0 aliphatic rings. The molecule has 0 bridgehead atoms. The second-order valence-corrected chi connectivity index (χ2v) is 6.00. The van der Waals surface area contributed by atoms with Crippen molar-refractivity contribution in [1.29, 1.82) is 0 Å². The van der Waals surface area contributed by atoms with Crippen LogP contribution in [0.2, 0.25) is 0 Å². The number of hydrogen-bond donors (Lipinski definition) is 1. The SMILES string of the molecule is CSc1cccc(NC(=O)c2ccc(Cn3ccnc3)cc2)c1. The highest BCUT2D eigenvalue weighted by molar-refractivity contribution is 7.98. The van der Waals surface area contributed by atoms with Gasteiger partial charge in [-0.05, 0) is 42.2 Å². The summed E-state index contributed by atoms with van der Waals surface area (Å²) in [6.45, 7) is 0.748. The highest BCUT2D eigenvalue weighted by Crippen LogP contribution is 2.19. The lowest BCUT2D eigenvalue weighted by Crippen LogP contribution is -2.12. The Balaban J connectivity index is 1.67. The molecule has 0 fully saturated rings. The van der Waals surface area contributed by atoms with Gasteiger partial charge in [0.15, 0.2) is 0 Å². The number of nitrogens with zero attached hydrogens (tertiary/aromatic N) is 2. The first-order valence-corrected chi connectivity index (χ1v) is 8.47. The van der Waals surface area contributed by atoms with E-state index in [9.17, 15) is 4.79 Å². The van der Waals surface area contributed by atoms with Crippen LogP contribution in [0.15, 0.2) is 72.1 Å².